The van der Waals surface area contributed by atoms with E-state index in [0.29, 0.717) is 18.7 Å². The topological polar surface area (TPSA) is 88.2 Å². The number of halogens is 3. The molecule has 1 amide bonds. The SMILES string of the molecule is COc1ccc(C(=O)Cc2cnc3c(c(C4[C@@H]5CC[C@H]4CN(C(=O)C(C)C)C5)cn3C)c2C(F)(F)F)cc1C#N. The largest absolute Gasteiger partial charge is 0.495 e. The molecule has 210 valence electrons. The standard InChI is InChI=1S/C30H31F3N4O3/c1-16(2)29(39)37-13-18-5-6-19(14-37)25(18)22-15-36(3)28-26(22)27(30(31,32)33)21(12-35-28)10-23(38)17-7-8-24(40-4)20(9-17)11-34/h7-9,12,15-16,18-19,25H,5-6,10,13-14H2,1-4H3/t18-,19+,25?. The van der Waals surface area contributed by atoms with Gasteiger partial charge in [0.15, 0.2) is 5.78 Å². The summed E-state index contributed by atoms with van der Waals surface area (Å²) in [4.78, 5) is 32.1. The molecule has 1 aromatic carbocycles. The first-order chi connectivity index (χ1) is 18.9. The number of pyridine rings is 1. The van der Waals surface area contributed by atoms with Crippen LogP contribution < -0.4 is 4.74 Å². The fourth-order valence-electron chi connectivity index (χ4n) is 6.65. The average molecular weight is 553 g/mol. The fraction of sp³-hybridized carbons (Fsp3) is 0.467. The summed E-state index contributed by atoms with van der Waals surface area (Å²) in [7, 11) is 3.08. The number of ether oxygens (including phenoxy) is 1. The predicted molar refractivity (Wildman–Crippen MR) is 142 cm³/mol. The Morgan fingerprint density at radius 1 is 1.20 bits per heavy atom. The molecular formula is C30H31F3N4O3. The summed E-state index contributed by atoms with van der Waals surface area (Å²) >= 11 is 0. The Morgan fingerprint density at radius 2 is 1.88 bits per heavy atom. The van der Waals surface area contributed by atoms with E-state index in [1.807, 2.05) is 24.8 Å². The fourth-order valence-corrected chi connectivity index (χ4v) is 6.65. The zero-order valence-corrected chi connectivity index (χ0v) is 22.9. The molecule has 2 fully saturated rings. The van der Waals surface area contributed by atoms with E-state index in [2.05, 4.69) is 4.98 Å². The van der Waals surface area contributed by atoms with E-state index < -0.39 is 23.9 Å². The van der Waals surface area contributed by atoms with Gasteiger partial charge in [-0.2, -0.15) is 18.4 Å². The van der Waals surface area contributed by atoms with Crippen molar-refractivity contribution in [2.75, 3.05) is 20.2 Å². The summed E-state index contributed by atoms with van der Waals surface area (Å²) in [6, 6.07) is 6.18. The molecule has 3 aromatic rings. The first-order valence-electron chi connectivity index (χ1n) is 13.4. The van der Waals surface area contributed by atoms with Gasteiger partial charge >= 0.3 is 6.18 Å². The number of aryl methyl sites for hydroxylation is 1. The lowest BCUT2D eigenvalue weighted by Crippen LogP contribution is -2.45. The van der Waals surface area contributed by atoms with Crippen molar-refractivity contribution in [2.45, 2.75) is 45.2 Å². The van der Waals surface area contributed by atoms with Gasteiger partial charge in [0.25, 0.3) is 0 Å². The highest BCUT2D eigenvalue weighted by atomic mass is 19.4. The van der Waals surface area contributed by atoms with E-state index in [1.54, 1.807) is 17.8 Å². The first-order valence-corrected chi connectivity index (χ1v) is 13.4. The molecule has 1 unspecified atom stereocenters. The Bertz CT molecular complexity index is 1520. The number of amides is 1. The molecule has 2 aromatic heterocycles. The van der Waals surface area contributed by atoms with E-state index in [1.165, 1.54) is 25.3 Å². The Hall–Kier alpha value is -3.87. The molecular weight excluding hydrogens is 521 g/mol. The molecule has 1 aliphatic carbocycles. The summed E-state index contributed by atoms with van der Waals surface area (Å²) in [6.45, 7) is 4.77. The molecule has 10 heteroatoms. The summed E-state index contributed by atoms with van der Waals surface area (Å²) in [5, 5.41) is 9.41. The van der Waals surface area contributed by atoms with Crippen molar-refractivity contribution < 1.29 is 27.5 Å². The average Bonchev–Trinajstić information content (AvgIpc) is 3.37. The van der Waals surface area contributed by atoms with Crippen LogP contribution in [0.1, 0.15) is 65.2 Å². The van der Waals surface area contributed by atoms with Crippen LogP contribution in [-0.2, 0) is 24.4 Å². The predicted octanol–water partition coefficient (Wildman–Crippen LogP) is 5.51. The Labute approximate surface area is 230 Å². The van der Waals surface area contributed by atoms with Crippen LogP contribution in [0.5, 0.6) is 5.75 Å². The Balaban J connectivity index is 1.57. The van der Waals surface area contributed by atoms with Gasteiger partial charge in [-0.05, 0) is 59.9 Å². The van der Waals surface area contributed by atoms with E-state index in [-0.39, 0.29) is 63.1 Å². The Morgan fingerprint density at radius 3 is 2.45 bits per heavy atom. The summed E-state index contributed by atoms with van der Waals surface area (Å²) in [6.07, 6.45) is -0.662. The van der Waals surface area contributed by atoms with Crippen LogP contribution >= 0.6 is 0 Å². The van der Waals surface area contributed by atoms with Crippen LogP contribution in [0.4, 0.5) is 13.2 Å². The van der Waals surface area contributed by atoms with Crippen LogP contribution in [0.25, 0.3) is 11.0 Å². The zero-order valence-electron chi connectivity index (χ0n) is 22.9. The lowest BCUT2D eigenvalue weighted by Gasteiger charge is -2.39. The van der Waals surface area contributed by atoms with Gasteiger partial charge in [0.1, 0.15) is 17.5 Å². The molecule has 40 heavy (non-hydrogen) atoms. The minimum atomic E-state index is -4.72. The maximum absolute atomic E-state index is 14.8. The molecule has 5 rings (SSSR count). The maximum atomic E-state index is 14.8. The highest BCUT2D eigenvalue weighted by molar-refractivity contribution is 5.99. The second-order valence-electron chi connectivity index (χ2n) is 11.2. The molecule has 1 aliphatic heterocycles. The lowest BCUT2D eigenvalue weighted by molar-refractivity contribution is -0.137. The number of carbonyl (C=O) groups is 2. The number of benzene rings is 1. The van der Waals surface area contributed by atoms with Gasteiger partial charge in [0.05, 0.1) is 18.2 Å². The number of hydrogen-bond acceptors (Lipinski definition) is 5. The molecule has 2 aliphatic rings. The van der Waals surface area contributed by atoms with Gasteiger partial charge in [-0.3, -0.25) is 9.59 Å². The number of nitriles is 1. The van der Waals surface area contributed by atoms with Gasteiger partial charge in [-0.25, -0.2) is 4.98 Å². The van der Waals surface area contributed by atoms with Crippen molar-refractivity contribution in [3.8, 4) is 11.8 Å². The molecule has 1 saturated heterocycles. The highest BCUT2D eigenvalue weighted by Gasteiger charge is 2.47. The molecule has 1 saturated carbocycles. The third kappa shape index (κ3) is 4.72. The van der Waals surface area contributed by atoms with Crippen LogP contribution in [0, 0.1) is 29.1 Å². The van der Waals surface area contributed by atoms with Crippen LogP contribution in [0.2, 0.25) is 0 Å². The van der Waals surface area contributed by atoms with E-state index in [9.17, 15) is 28.0 Å². The minimum absolute atomic E-state index is 0.0401. The normalized spacial score (nSPS) is 20.7. The van der Waals surface area contributed by atoms with Gasteiger partial charge in [0.2, 0.25) is 5.91 Å². The van der Waals surface area contributed by atoms with Gasteiger partial charge in [0, 0.05) is 55.8 Å². The number of aromatic nitrogens is 2. The van der Waals surface area contributed by atoms with Crippen LogP contribution in [0.15, 0.2) is 30.6 Å². The van der Waals surface area contributed by atoms with Gasteiger partial charge in [-0.1, -0.05) is 13.8 Å². The number of nitrogens with zero attached hydrogens (tertiary/aromatic N) is 4. The number of likely N-dealkylation sites (tertiary alicyclic amines) is 1. The molecule has 7 nitrogen and oxygen atoms in total. The zero-order chi connectivity index (χ0) is 28.9. The maximum Gasteiger partial charge on any atom is 0.417 e. The second kappa shape index (κ2) is 10.3. The van der Waals surface area contributed by atoms with Crippen molar-refractivity contribution in [1.82, 2.24) is 14.5 Å². The molecule has 3 atom stereocenters. The van der Waals surface area contributed by atoms with E-state index >= 15 is 0 Å². The monoisotopic (exact) mass is 552 g/mol. The molecule has 0 radical (unpaired) electrons. The summed E-state index contributed by atoms with van der Waals surface area (Å²) in [5.41, 5.74) is 0.0177. The molecule has 0 N–H and O–H groups in total. The number of Topliss-reactive ketones (excluding diaryl/α,β-unsaturated/α-hetero) is 1. The molecule has 2 bridgehead atoms. The van der Waals surface area contributed by atoms with Crippen LogP contribution in [0.3, 0.4) is 0 Å². The van der Waals surface area contributed by atoms with E-state index in [4.69, 9.17) is 4.74 Å². The number of piperidine rings is 1. The van der Waals surface area contributed by atoms with Gasteiger partial charge < -0.3 is 14.2 Å². The van der Waals surface area contributed by atoms with Gasteiger partial charge in [-0.15, -0.1) is 0 Å². The first kappa shape index (κ1) is 27.7. The minimum Gasteiger partial charge on any atom is -0.495 e. The number of ketones is 1. The quantitative estimate of drug-likeness (QED) is 0.377. The van der Waals surface area contributed by atoms with Crippen molar-refractivity contribution >= 4 is 22.7 Å². The Kier molecular flexibility index (Phi) is 7.11. The third-order valence-electron chi connectivity index (χ3n) is 8.37. The van der Waals surface area contributed by atoms with E-state index in [0.717, 1.165) is 19.0 Å². The molecule has 0 spiro atoms. The number of hydrogen-bond donors (Lipinski definition) is 0. The highest BCUT2D eigenvalue weighted by Crippen LogP contribution is 2.52. The summed E-state index contributed by atoms with van der Waals surface area (Å²) in [5.74, 6) is -0.348. The number of methoxy groups -OCH3 is 1. The van der Waals surface area contributed by atoms with Crippen molar-refractivity contribution in [3.05, 3.63) is 58.4 Å². The smallest absolute Gasteiger partial charge is 0.417 e. The lowest BCUT2D eigenvalue weighted by atomic mass is 9.78. The second-order valence-corrected chi connectivity index (χ2v) is 11.2. The van der Waals surface area contributed by atoms with Crippen molar-refractivity contribution in [1.29, 1.82) is 5.26 Å². The van der Waals surface area contributed by atoms with Crippen LogP contribution in [-0.4, -0.2) is 46.3 Å². The van der Waals surface area contributed by atoms with Crippen molar-refractivity contribution in [3.63, 3.8) is 0 Å². The number of rotatable bonds is 6. The summed E-state index contributed by atoms with van der Waals surface area (Å²) < 4.78 is 51.2. The number of fused-ring (bicyclic) bond motifs is 3. The third-order valence-corrected chi connectivity index (χ3v) is 8.37. The number of alkyl halides is 3. The molecule has 3 heterocycles. The van der Waals surface area contributed by atoms with Crippen molar-refractivity contribution in [2.24, 2.45) is 24.8 Å². The number of carbonyl (C=O) groups excluding carboxylic acids is 2.